The number of hydrogen-bond donors (Lipinski definition) is 2. The van der Waals surface area contributed by atoms with E-state index in [0.717, 1.165) is 11.8 Å². The van der Waals surface area contributed by atoms with Crippen LogP contribution in [0, 0.1) is 17.0 Å². The molecule has 7 nitrogen and oxygen atoms in total. The Kier molecular flexibility index (Phi) is 3.90. The highest BCUT2D eigenvalue weighted by atomic mass is 16.6. The minimum atomic E-state index is -0.540. The molecule has 1 aromatic carbocycles. The fourth-order valence-corrected chi connectivity index (χ4v) is 1.55. The normalized spacial score (nSPS) is 9.85. The summed E-state index contributed by atoms with van der Waals surface area (Å²) >= 11 is 0. The molecule has 2 rings (SSSR count). The van der Waals surface area contributed by atoms with Crippen molar-refractivity contribution in [3.05, 3.63) is 63.8 Å². The third kappa shape index (κ3) is 3.29. The molecular weight excluding hydrogens is 260 g/mol. The first-order chi connectivity index (χ1) is 9.56. The predicted molar refractivity (Wildman–Crippen MR) is 73.2 cm³/mol. The Balaban J connectivity index is 1.98. The molecule has 102 valence electrons. The molecule has 0 fully saturated rings. The third-order valence-corrected chi connectivity index (χ3v) is 2.54. The molecule has 0 bridgehead atoms. The molecule has 1 heterocycles. The van der Waals surface area contributed by atoms with Crippen LogP contribution in [0.1, 0.15) is 15.9 Å². The lowest BCUT2D eigenvalue weighted by Gasteiger charge is -2.07. The first-order valence-electron chi connectivity index (χ1n) is 5.80. The summed E-state index contributed by atoms with van der Waals surface area (Å²) in [7, 11) is 0. The van der Waals surface area contributed by atoms with E-state index in [2.05, 4.69) is 15.8 Å². The molecule has 0 aliphatic rings. The summed E-state index contributed by atoms with van der Waals surface area (Å²) in [6, 6.07) is 9.83. The van der Waals surface area contributed by atoms with Gasteiger partial charge in [0.15, 0.2) is 0 Å². The summed E-state index contributed by atoms with van der Waals surface area (Å²) in [5.41, 5.74) is 6.45. The van der Waals surface area contributed by atoms with Crippen molar-refractivity contribution in [3.63, 3.8) is 0 Å². The van der Waals surface area contributed by atoms with Gasteiger partial charge in [-0.1, -0.05) is 17.7 Å². The summed E-state index contributed by atoms with van der Waals surface area (Å²) in [4.78, 5) is 25.6. The first kappa shape index (κ1) is 13.5. The van der Waals surface area contributed by atoms with Crippen molar-refractivity contribution in [2.45, 2.75) is 6.92 Å². The first-order valence-corrected chi connectivity index (χ1v) is 5.80. The SMILES string of the molecule is Cc1cccc(C(=O)NNc2ccc([N+](=O)[O-])cn2)c1. The molecule has 1 aromatic heterocycles. The van der Waals surface area contributed by atoms with Gasteiger partial charge < -0.3 is 0 Å². The summed E-state index contributed by atoms with van der Waals surface area (Å²) in [5.74, 6) is 0.00505. The maximum atomic E-state index is 11.8. The summed E-state index contributed by atoms with van der Waals surface area (Å²) in [6.07, 6.45) is 1.11. The van der Waals surface area contributed by atoms with Crippen LogP contribution in [0.25, 0.3) is 0 Å². The van der Waals surface area contributed by atoms with Gasteiger partial charge in [-0.05, 0) is 25.1 Å². The number of carbonyl (C=O) groups is 1. The molecule has 2 N–H and O–H groups in total. The molecular formula is C13H12N4O3. The lowest BCUT2D eigenvalue weighted by atomic mass is 10.1. The molecule has 0 atom stereocenters. The molecule has 0 saturated carbocycles. The van der Waals surface area contributed by atoms with Crippen molar-refractivity contribution < 1.29 is 9.72 Å². The molecule has 0 aliphatic heterocycles. The predicted octanol–water partition coefficient (Wildman–Crippen LogP) is 2.06. The zero-order valence-electron chi connectivity index (χ0n) is 10.7. The average molecular weight is 272 g/mol. The van der Waals surface area contributed by atoms with E-state index in [1.54, 1.807) is 18.2 Å². The standard InChI is InChI=1S/C13H12N4O3/c1-9-3-2-4-10(7-9)13(18)16-15-12-6-5-11(8-14-12)17(19)20/h2-8H,1H3,(H,14,15)(H,16,18). The van der Waals surface area contributed by atoms with Crippen LogP contribution in [0.5, 0.6) is 0 Å². The number of hydrazine groups is 1. The van der Waals surface area contributed by atoms with E-state index in [-0.39, 0.29) is 11.6 Å². The topological polar surface area (TPSA) is 97.2 Å². The number of aryl methyl sites for hydroxylation is 1. The Morgan fingerprint density at radius 3 is 2.70 bits per heavy atom. The number of hydrogen-bond acceptors (Lipinski definition) is 5. The number of amides is 1. The van der Waals surface area contributed by atoms with E-state index in [4.69, 9.17) is 0 Å². The zero-order valence-corrected chi connectivity index (χ0v) is 10.7. The quantitative estimate of drug-likeness (QED) is 0.655. The van der Waals surface area contributed by atoms with Gasteiger partial charge in [0.25, 0.3) is 11.6 Å². The van der Waals surface area contributed by atoms with E-state index in [9.17, 15) is 14.9 Å². The minimum absolute atomic E-state index is 0.111. The molecule has 0 spiro atoms. The van der Waals surface area contributed by atoms with Crippen molar-refractivity contribution in [3.8, 4) is 0 Å². The van der Waals surface area contributed by atoms with Crippen LogP contribution >= 0.6 is 0 Å². The fourth-order valence-electron chi connectivity index (χ4n) is 1.55. The molecule has 0 unspecified atom stereocenters. The number of aromatic nitrogens is 1. The van der Waals surface area contributed by atoms with Crippen LogP contribution in [0.4, 0.5) is 11.5 Å². The number of anilines is 1. The Bertz CT molecular complexity index is 640. The van der Waals surface area contributed by atoms with Gasteiger partial charge in [0, 0.05) is 11.6 Å². The summed E-state index contributed by atoms with van der Waals surface area (Å²) < 4.78 is 0. The summed E-state index contributed by atoms with van der Waals surface area (Å²) in [6.45, 7) is 1.89. The number of carbonyl (C=O) groups excluding carboxylic acids is 1. The maximum absolute atomic E-state index is 11.8. The van der Waals surface area contributed by atoms with Crippen LogP contribution in [0.2, 0.25) is 0 Å². The van der Waals surface area contributed by atoms with Crippen LogP contribution < -0.4 is 10.9 Å². The van der Waals surface area contributed by atoms with Crippen molar-refractivity contribution in [2.24, 2.45) is 0 Å². The second-order valence-electron chi connectivity index (χ2n) is 4.11. The van der Waals surface area contributed by atoms with Gasteiger partial charge in [-0.25, -0.2) is 4.98 Å². The number of nitro groups is 1. The third-order valence-electron chi connectivity index (χ3n) is 2.54. The van der Waals surface area contributed by atoms with Gasteiger partial charge >= 0.3 is 0 Å². The highest BCUT2D eigenvalue weighted by Gasteiger charge is 2.07. The number of pyridine rings is 1. The second kappa shape index (κ2) is 5.79. The number of benzene rings is 1. The lowest BCUT2D eigenvalue weighted by molar-refractivity contribution is -0.385. The molecule has 7 heteroatoms. The van der Waals surface area contributed by atoms with Crippen molar-refractivity contribution in [2.75, 3.05) is 5.43 Å². The number of nitrogens with one attached hydrogen (secondary N) is 2. The van der Waals surface area contributed by atoms with E-state index >= 15 is 0 Å². The van der Waals surface area contributed by atoms with Crippen LogP contribution in [-0.4, -0.2) is 15.8 Å². The van der Waals surface area contributed by atoms with Crippen molar-refractivity contribution in [1.29, 1.82) is 0 Å². The highest BCUT2D eigenvalue weighted by Crippen LogP contribution is 2.11. The molecule has 0 aliphatic carbocycles. The minimum Gasteiger partial charge on any atom is -0.282 e. The van der Waals surface area contributed by atoms with Gasteiger partial charge in [0.05, 0.1) is 4.92 Å². The smallest absolute Gasteiger partial charge is 0.282 e. The molecule has 0 radical (unpaired) electrons. The van der Waals surface area contributed by atoms with Crippen LogP contribution in [0.15, 0.2) is 42.6 Å². The zero-order chi connectivity index (χ0) is 14.5. The van der Waals surface area contributed by atoms with Gasteiger partial charge in [-0.15, -0.1) is 0 Å². The van der Waals surface area contributed by atoms with Gasteiger partial charge in [-0.2, -0.15) is 0 Å². The molecule has 2 aromatic rings. The monoisotopic (exact) mass is 272 g/mol. The second-order valence-corrected chi connectivity index (χ2v) is 4.11. The van der Waals surface area contributed by atoms with E-state index in [1.165, 1.54) is 12.1 Å². The Morgan fingerprint density at radius 1 is 1.30 bits per heavy atom. The number of rotatable bonds is 4. The highest BCUT2D eigenvalue weighted by molar-refractivity contribution is 5.94. The van der Waals surface area contributed by atoms with Crippen LogP contribution in [0.3, 0.4) is 0 Å². The van der Waals surface area contributed by atoms with E-state index in [0.29, 0.717) is 11.4 Å². The molecule has 1 amide bonds. The largest absolute Gasteiger partial charge is 0.287 e. The van der Waals surface area contributed by atoms with Gasteiger partial charge in [-0.3, -0.25) is 25.8 Å². The lowest BCUT2D eigenvalue weighted by Crippen LogP contribution is -2.29. The van der Waals surface area contributed by atoms with Crippen LogP contribution in [-0.2, 0) is 0 Å². The van der Waals surface area contributed by atoms with E-state index in [1.807, 2.05) is 13.0 Å². The Morgan fingerprint density at radius 2 is 2.10 bits per heavy atom. The van der Waals surface area contributed by atoms with Crippen molar-refractivity contribution in [1.82, 2.24) is 10.4 Å². The maximum Gasteiger partial charge on any atom is 0.287 e. The van der Waals surface area contributed by atoms with Crippen molar-refractivity contribution >= 4 is 17.4 Å². The van der Waals surface area contributed by atoms with Gasteiger partial charge in [0.2, 0.25) is 0 Å². The Hall–Kier alpha value is -2.96. The Labute approximate surface area is 114 Å². The number of nitrogens with zero attached hydrogens (tertiary/aromatic N) is 2. The summed E-state index contributed by atoms with van der Waals surface area (Å²) in [5, 5.41) is 10.5. The fraction of sp³-hybridized carbons (Fsp3) is 0.0769. The van der Waals surface area contributed by atoms with E-state index < -0.39 is 4.92 Å². The molecule has 0 saturated heterocycles. The van der Waals surface area contributed by atoms with Gasteiger partial charge in [0.1, 0.15) is 12.0 Å². The molecule has 20 heavy (non-hydrogen) atoms. The average Bonchev–Trinajstić information content (AvgIpc) is 2.45.